The smallest absolute Gasteiger partial charge is 0.313 e. The van der Waals surface area contributed by atoms with E-state index in [1.54, 1.807) is 24.6 Å². The van der Waals surface area contributed by atoms with Gasteiger partial charge in [0.25, 0.3) is 0 Å². The van der Waals surface area contributed by atoms with Crippen molar-refractivity contribution < 1.29 is 14.3 Å². The number of hydrogen-bond donors (Lipinski definition) is 1. The first-order valence-electron chi connectivity index (χ1n) is 6.54. The van der Waals surface area contributed by atoms with E-state index < -0.39 is 11.9 Å². The molecule has 1 heterocycles. The van der Waals surface area contributed by atoms with E-state index >= 15 is 0 Å². The standard InChI is InChI=1S/C13H17N5O3S/c1-4-21-12(20)5-11-16-17-13(18(11)3)22-7-10(19)9(6-14)8(2)15/h9,15H,4-5,7H2,1-3H3/t9-/m1/s1. The van der Waals surface area contributed by atoms with Crippen LogP contribution in [0.2, 0.25) is 0 Å². The number of thioether (sulfide) groups is 1. The number of nitriles is 1. The molecule has 8 nitrogen and oxygen atoms in total. The highest BCUT2D eigenvalue weighted by atomic mass is 32.2. The van der Waals surface area contributed by atoms with E-state index in [4.69, 9.17) is 15.4 Å². The van der Waals surface area contributed by atoms with Gasteiger partial charge in [0, 0.05) is 12.8 Å². The summed E-state index contributed by atoms with van der Waals surface area (Å²) in [5, 5.41) is 24.5. The number of carbonyl (C=O) groups is 2. The third-order valence-electron chi connectivity index (χ3n) is 2.76. The molecule has 0 aliphatic rings. The van der Waals surface area contributed by atoms with Gasteiger partial charge in [0.2, 0.25) is 0 Å². The number of ether oxygens (including phenoxy) is 1. The zero-order valence-corrected chi connectivity index (χ0v) is 13.4. The van der Waals surface area contributed by atoms with Gasteiger partial charge in [0.05, 0.1) is 18.4 Å². The topological polar surface area (TPSA) is 122 Å². The fourth-order valence-electron chi connectivity index (χ4n) is 1.60. The Morgan fingerprint density at radius 1 is 1.50 bits per heavy atom. The van der Waals surface area contributed by atoms with Crippen LogP contribution in [0.15, 0.2) is 5.16 Å². The summed E-state index contributed by atoms with van der Waals surface area (Å²) in [6.45, 7) is 3.44. The minimum atomic E-state index is -1.03. The van der Waals surface area contributed by atoms with Crippen molar-refractivity contribution in [2.75, 3.05) is 12.4 Å². The summed E-state index contributed by atoms with van der Waals surface area (Å²) in [7, 11) is 1.69. The molecular weight excluding hydrogens is 306 g/mol. The Morgan fingerprint density at radius 2 is 2.18 bits per heavy atom. The van der Waals surface area contributed by atoms with Crippen LogP contribution in [0, 0.1) is 22.7 Å². The molecule has 9 heteroatoms. The van der Waals surface area contributed by atoms with Crippen LogP contribution in [0.4, 0.5) is 0 Å². The second-order valence-corrected chi connectivity index (χ2v) is 5.38. The third-order valence-corrected chi connectivity index (χ3v) is 3.80. The predicted molar refractivity (Wildman–Crippen MR) is 79.6 cm³/mol. The van der Waals surface area contributed by atoms with Gasteiger partial charge in [-0.05, 0) is 13.8 Å². The van der Waals surface area contributed by atoms with Gasteiger partial charge in [0.15, 0.2) is 10.9 Å². The van der Waals surface area contributed by atoms with Gasteiger partial charge in [-0.2, -0.15) is 5.26 Å². The van der Waals surface area contributed by atoms with Crippen LogP contribution in [0.3, 0.4) is 0 Å². The predicted octanol–water partition coefficient (Wildman–Crippen LogP) is 0.761. The van der Waals surface area contributed by atoms with Gasteiger partial charge in [-0.15, -0.1) is 10.2 Å². The number of nitrogens with zero attached hydrogens (tertiary/aromatic N) is 4. The fourth-order valence-corrected chi connectivity index (χ4v) is 2.43. The van der Waals surface area contributed by atoms with Crippen molar-refractivity contribution in [2.24, 2.45) is 13.0 Å². The Kier molecular flexibility index (Phi) is 6.72. The van der Waals surface area contributed by atoms with Gasteiger partial charge in [-0.1, -0.05) is 11.8 Å². The van der Waals surface area contributed by atoms with Crippen molar-refractivity contribution in [1.82, 2.24) is 14.8 Å². The zero-order chi connectivity index (χ0) is 16.7. The van der Waals surface area contributed by atoms with Crippen molar-refractivity contribution in [3.8, 4) is 6.07 Å². The number of Topliss-reactive ketones (excluding diaryl/α,β-unsaturated/α-hetero) is 1. The lowest BCUT2D eigenvalue weighted by Crippen LogP contribution is -2.21. The largest absolute Gasteiger partial charge is 0.466 e. The Bertz CT molecular complexity index is 620. The molecule has 1 aromatic heterocycles. The highest BCUT2D eigenvalue weighted by molar-refractivity contribution is 7.99. The maximum absolute atomic E-state index is 11.9. The SMILES string of the molecule is CCOC(=O)Cc1nnc(SCC(=O)[C@H](C#N)C(C)=N)n1C. The quantitative estimate of drug-likeness (QED) is 0.426. The molecule has 0 aliphatic heterocycles. The minimum absolute atomic E-state index is 0.00622. The van der Waals surface area contributed by atoms with Gasteiger partial charge in [-0.25, -0.2) is 0 Å². The average molecular weight is 323 g/mol. The van der Waals surface area contributed by atoms with E-state index in [0.717, 1.165) is 11.8 Å². The van der Waals surface area contributed by atoms with Crippen LogP contribution < -0.4 is 0 Å². The minimum Gasteiger partial charge on any atom is -0.466 e. The van der Waals surface area contributed by atoms with Crippen molar-refractivity contribution >= 4 is 29.2 Å². The normalized spacial score (nSPS) is 11.5. The number of carbonyl (C=O) groups excluding carboxylic acids is 2. The summed E-state index contributed by atoms with van der Waals surface area (Å²) in [6, 6.07) is 1.81. The van der Waals surface area contributed by atoms with Crippen molar-refractivity contribution in [3.05, 3.63) is 5.82 Å². The molecule has 1 atom stereocenters. The molecule has 0 fully saturated rings. The number of hydrogen-bond acceptors (Lipinski definition) is 8. The second kappa shape index (κ2) is 8.29. The number of rotatable bonds is 8. The van der Waals surface area contributed by atoms with Crippen LogP contribution in [-0.4, -0.2) is 44.6 Å². The molecule has 118 valence electrons. The van der Waals surface area contributed by atoms with E-state index in [-0.39, 0.29) is 23.7 Å². The average Bonchev–Trinajstić information content (AvgIpc) is 2.78. The molecular formula is C13H17N5O3S. The molecule has 0 spiro atoms. The van der Waals surface area contributed by atoms with Gasteiger partial charge < -0.3 is 14.7 Å². The molecule has 0 saturated heterocycles. The van der Waals surface area contributed by atoms with Gasteiger partial charge in [0.1, 0.15) is 18.2 Å². The molecule has 0 aliphatic carbocycles. The third kappa shape index (κ3) is 4.66. The van der Waals surface area contributed by atoms with Crippen LogP contribution in [0.1, 0.15) is 19.7 Å². The molecule has 0 saturated carbocycles. The molecule has 0 unspecified atom stereocenters. The number of ketones is 1. The summed E-state index contributed by atoms with van der Waals surface area (Å²) in [5.41, 5.74) is 0.0223. The molecule has 1 N–H and O–H groups in total. The number of esters is 1. The van der Waals surface area contributed by atoms with Crippen LogP contribution in [0.5, 0.6) is 0 Å². The van der Waals surface area contributed by atoms with Gasteiger partial charge >= 0.3 is 5.97 Å². The lowest BCUT2D eigenvalue weighted by molar-refractivity contribution is -0.142. The van der Waals surface area contributed by atoms with E-state index in [1.165, 1.54) is 6.92 Å². The Morgan fingerprint density at radius 3 is 2.73 bits per heavy atom. The van der Waals surface area contributed by atoms with E-state index in [2.05, 4.69) is 10.2 Å². The van der Waals surface area contributed by atoms with E-state index in [9.17, 15) is 9.59 Å². The Hall–Kier alpha value is -2.21. The van der Waals surface area contributed by atoms with E-state index in [0.29, 0.717) is 17.6 Å². The molecule has 22 heavy (non-hydrogen) atoms. The highest BCUT2D eigenvalue weighted by Gasteiger charge is 2.21. The monoisotopic (exact) mass is 323 g/mol. The summed E-state index contributed by atoms with van der Waals surface area (Å²) < 4.78 is 6.44. The zero-order valence-electron chi connectivity index (χ0n) is 12.6. The number of aromatic nitrogens is 3. The van der Waals surface area contributed by atoms with E-state index in [1.807, 2.05) is 0 Å². The summed E-state index contributed by atoms with van der Waals surface area (Å²) in [6.07, 6.45) is 0.00622. The van der Waals surface area contributed by atoms with Crippen LogP contribution >= 0.6 is 11.8 Å². The summed E-state index contributed by atoms with van der Waals surface area (Å²) >= 11 is 1.12. The van der Waals surface area contributed by atoms with Crippen LogP contribution in [0.25, 0.3) is 0 Å². The molecule has 0 bridgehead atoms. The van der Waals surface area contributed by atoms with Crippen LogP contribution in [-0.2, 0) is 27.8 Å². The maximum Gasteiger partial charge on any atom is 0.313 e. The lowest BCUT2D eigenvalue weighted by Gasteiger charge is -2.06. The Balaban J connectivity index is 2.67. The maximum atomic E-state index is 11.9. The Labute approximate surface area is 132 Å². The second-order valence-electron chi connectivity index (χ2n) is 4.44. The summed E-state index contributed by atoms with van der Waals surface area (Å²) in [4.78, 5) is 23.3. The number of nitrogens with one attached hydrogen (secondary N) is 1. The van der Waals surface area contributed by atoms with Crippen molar-refractivity contribution in [1.29, 1.82) is 10.7 Å². The van der Waals surface area contributed by atoms with Crippen molar-refractivity contribution in [3.63, 3.8) is 0 Å². The first-order chi connectivity index (χ1) is 10.4. The first-order valence-corrected chi connectivity index (χ1v) is 7.53. The molecule has 1 aromatic rings. The molecule has 0 aromatic carbocycles. The van der Waals surface area contributed by atoms with Gasteiger partial charge in [-0.3, -0.25) is 9.59 Å². The highest BCUT2D eigenvalue weighted by Crippen LogP contribution is 2.17. The fraction of sp³-hybridized carbons (Fsp3) is 0.538. The molecule has 0 radical (unpaired) electrons. The lowest BCUT2D eigenvalue weighted by atomic mass is 10.0. The first kappa shape index (κ1) is 17.8. The summed E-state index contributed by atoms with van der Waals surface area (Å²) in [5.74, 6) is -1.32. The van der Waals surface area contributed by atoms with Crippen molar-refractivity contribution in [2.45, 2.75) is 25.4 Å². The molecule has 0 amide bonds. The molecule has 1 rings (SSSR count).